The molecule has 0 bridgehead atoms. The van der Waals surface area contributed by atoms with Gasteiger partial charge in [-0.3, -0.25) is 5.32 Å². The molecule has 1 aliphatic carbocycles. The molecule has 4 nitrogen and oxygen atoms in total. The summed E-state index contributed by atoms with van der Waals surface area (Å²) >= 11 is 1.76. The van der Waals surface area contributed by atoms with Gasteiger partial charge in [0.25, 0.3) is 0 Å². The summed E-state index contributed by atoms with van der Waals surface area (Å²) in [4.78, 5) is 8.95. The first-order chi connectivity index (χ1) is 9.18. The van der Waals surface area contributed by atoms with Gasteiger partial charge in [-0.2, -0.15) is 0 Å². The highest BCUT2D eigenvalue weighted by Crippen LogP contribution is 2.40. The lowest BCUT2D eigenvalue weighted by atomic mass is 9.98. The highest BCUT2D eigenvalue weighted by molar-refractivity contribution is 7.09. The lowest BCUT2D eigenvalue weighted by Crippen LogP contribution is -2.39. The van der Waals surface area contributed by atoms with Crippen molar-refractivity contribution in [2.45, 2.75) is 51.6 Å². The Bertz CT molecular complexity index is 555. The molecule has 0 unspecified atom stereocenters. The molecule has 3 rings (SSSR count). The van der Waals surface area contributed by atoms with Crippen LogP contribution in [0.25, 0.3) is 0 Å². The molecule has 102 valence electrons. The molecule has 19 heavy (non-hydrogen) atoms. The maximum atomic E-state index is 5.54. The van der Waals surface area contributed by atoms with E-state index in [1.54, 1.807) is 17.5 Å². The molecule has 5 heteroatoms. The standard InChI is InChI=1S/C14H19N3OS/c1-10-9-19-13(17-10)14(5-3-4-6-14)16-8-12-15-7-11(2)18-12/h7,9,16H,3-6,8H2,1-2H3. The fourth-order valence-corrected chi connectivity index (χ4v) is 3.78. The molecule has 1 N–H and O–H groups in total. The Kier molecular flexibility index (Phi) is 3.41. The average Bonchev–Trinajstić information content (AvgIpc) is 3.08. The zero-order valence-electron chi connectivity index (χ0n) is 11.4. The minimum Gasteiger partial charge on any atom is -0.445 e. The maximum Gasteiger partial charge on any atom is 0.208 e. The second kappa shape index (κ2) is 5.06. The van der Waals surface area contributed by atoms with Crippen molar-refractivity contribution >= 4 is 11.3 Å². The highest BCUT2D eigenvalue weighted by Gasteiger charge is 2.37. The number of aryl methyl sites for hydroxylation is 2. The molecule has 1 aliphatic rings. The lowest BCUT2D eigenvalue weighted by molar-refractivity contribution is 0.314. The maximum absolute atomic E-state index is 5.54. The quantitative estimate of drug-likeness (QED) is 0.931. The Morgan fingerprint density at radius 2 is 2.16 bits per heavy atom. The molecule has 2 heterocycles. The number of nitrogens with zero attached hydrogens (tertiary/aromatic N) is 2. The third-order valence-electron chi connectivity index (χ3n) is 3.73. The van der Waals surface area contributed by atoms with E-state index in [1.807, 2.05) is 6.92 Å². The molecule has 0 saturated heterocycles. The smallest absolute Gasteiger partial charge is 0.208 e. The van der Waals surface area contributed by atoms with E-state index < -0.39 is 0 Å². The van der Waals surface area contributed by atoms with Gasteiger partial charge in [-0.15, -0.1) is 11.3 Å². The molecule has 0 aliphatic heterocycles. The van der Waals surface area contributed by atoms with Gasteiger partial charge in [0.2, 0.25) is 5.89 Å². The van der Waals surface area contributed by atoms with Gasteiger partial charge in [-0.25, -0.2) is 9.97 Å². The second-order valence-electron chi connectivity index (χ2n) is 5.30. The van der Waals surface area contributed by atoms with E-state index >= 15 is 0 Å². The third kappa shape index (κ3) is 2.58. The van der Waals surface area contributed by atoms with Crippen molar-refractivity contribution in [2.75, 3.05) is 0 Å². The largest absolute Gasteiger partial charge is 0.445 e. The number of nitrogens with one attached hydrogen (secondary N) is 1. The minimum atomic E-state index is 0.0291. The minimum absolute atomic E-state index is 0.0291. The summed E-state index contributed by atoms with van der Waals surface area (Å²) < 4.78 is 5.54. The van der Waals surface area contributed by atoms with Crippen LogP contribution in [0, 0.1) is 13.8 Å². The normalized spacial score (nSPS) is 18.0. The summed E-state index contributed by atoms with van der Waals surface area (Å²) in [6.07, 6.45) is 6.59. The van der Waals surface area contributed by atoms with E-state index in [2.05, 4.69) is 27.6 Å². The first-order valence-electron chi connectivity index (χ1n) is 6.77. The van der Waals surface area contributed by atoms with Crippen LogP contribution in [0.5, 0.6) is 0 Å². The Balaban J connectivity index is 1.77. The number of thiazole rings is 1. The molecule has 0 atom stereocenters. The SMILES string of the molecule is Cc1csc(C2(NCc3ncc(C)o3)CCCC2)n1. The molecule has 2 aromatic heterocycles. The van der Waals surface area contributed by atoms with Crippen LogP contribution in [0.3, 0.4) is 0 Å². The van der Waals surface area contributed by atoms with Gasteiger partial charge >= 0.3 is 0 Å². The third-order valence-corrected chi connectivity index (χ3v) is 4.90. The Morgan fingerprint density at radius 1 is 1.37 bits per heavy atom. The van der Waals surface area contributed by atoms with Crippen LogP contribution in [0.2, 0.25) is 0 Å². The molecule has 1 fully saturated rings. The highest BCUT2D eigenvalue weighted by atomic mass is 32.1. The molecule has 0 aromatic carbocycles. The van der Waals surface area contributed by atoms with Crippen molar-refractivity contribution in [3.63, 3.8) is 0 Å². The van der Waals surface area contributed by atoms with E-state index in [9.17, 15) is 0 Å². The topological polar surface area (TPSA) is 51.0 Å². The van der Waals surface area contributed by atoms with Gasteiger partial charge < -0.3 is 4.42 Å². The second-order valence-corrected chi connectivity index (χ2v) is 6.16. The van der Waals surface area contributed by atoms with Crippen molar-refractivity contribution in [2.24, 2.45) is 0 Å². The van der Waals surface area contributed by atoms with Crippen molar-refractivity contribution in [3.8, 4) is 0 Å². The number of rotatable bonds is 4. The Labute approximate surface area is 117 Å². The number of oxazole rings is 1. The predicted molar refractivity (Wildman–Crippen MR) is 75.1 cm³/mol. The molecule has 0 radical (unpaired) electrons. The summed E-state index contributed by atoms with van der Waals surface area (Å²) in [5.41, 5.74) is 1.14. The van der Waals surface area contributed by atoms with Crippen molar-refractivity contribution in [3.05, 3.63) is 33.9 Å². The zero-order valence-corrected chi connectivity index (χ0v) is 12.2. The van der Waals surface area contributed by atoms with Gasteiger partial charge in [0.15, 0.2) is 0 Å². The van der Waals surface area contributed by atoms with Crippen molar-refractivity contribution in [1.82, 2.24) is 15.3 Å². The monoisotopic (exact) mass is 277 g/mol. The first-order valence-corrected chi connectivity index (χ1v) is 7.65. The average molecular weight is 277 g/mol. The van der Waals surface area contributed by atoms with Gasteiger partial charge in [0.05, 0.1) is 18.3 Å². The fraction of sp³-hybridized carbons (Fsp3) is 0.571. The number of hydrogen-bond donors (Lipinski definition) is 1. The van der Waals surface area contributed by atoms with E-state index in [0.717, 1.165) is 30.2 Å². The summed E-state index contributed by atoms with van der Waals surface area (Å²) in [5.74, 6) is 1.62. The van der Waals surface area contributed by atoms with Gasteiger partial charge in [-0.1, -0.05) is 12.8 Å². The van der Waals surface area contributed by atoms with E-state index in [0.29, 0.717) is 6.54 Å². The first kappa shape index (κ1) is 12.8. The van der Waals surface area contributed by atoms with Gasteiger partial charge in [0.1, 0.15) is 10.8 Å². The number of aromatic nitrogens is 2. The molecule has 0 spiro atoms. The zero-order chi connectivity index (χ0) is 13.3. The van der Waals surface area contributed by atoms with Crippen LogP contribution in [0.4, 0.5) is 0 Å². The fourth-order valence-electron chi connectivity index (χ4n) is 2.75. The molecule has 2 aromatic rings. The molecule has 1 saturated carbocycles. The van der Waals surface area contributed by atoms with Crippen molar-refractivity contribution in [1.29, 1.82) is 0 Å². The van der Waals surface area contributed by atoms with Gasteiger partial charge in [0, 0.05) is 11.1 Å². The van der Waals surface area contributed by atoms with Crippen LogP contribution in [-0.2, 0) is 12.1 Å². The summed E-state index contributed by atoms with van der Waals surface area (Å²) in [6.45, 7) is 4.65. The Morgan fingerprint density at radius 3 is 2.74 bits per heavy atom. The van der Waals surface area contributed by atoms with Gasteiger partial charge in [-0.05, 0) is 26.7 Å². The van der Waals surface area contributed by atoms with E-state index in [1.165, 1.54) is 17.8 Å². The lowest BCUT2D eigenvalue weighted by Gasteiger charge is -2.27. The predicted octanol–water partition coefficient (Wildman–Crippen LogP) is 3.31. The summed E-state index contributed by atoms with van der Waals surface area (Å²) in [7, 11) is 0. The van der Waals surface area contributed by atoms with Crippen LogP contribution in [0.15, 0.2) is 16.0 Å². The molecular formula is C14H19N3OS. The van der Waals surface area contributed by atoms with Crippen LogP contribution in [-0.4, -0.2) is 9.97 Å². The van der Waals surface area contributed by atoms with Crippen LogP contribution in [0.1, 0.15) is 48.0 Å². The van der Waals surface area contributed by atoms with E-state index in [-0.39, 0.29) is 5.54 Å². The van der Waals surface area contributed by atoms with E-state index in [4.69, 9.17) is 4.42 Å². The number of hydrogen-bond acceptors (Lipinski definition) is 5. The van der Waals surface area contributed by atoms with Crippen LogP contribution < -0.4 is 5.32 Å². The van der Waals surface area contributed by atoms with Crippen LogP contribution >= 0.6 is 11.3 Å². The summed E-state index contributed by atoms with van der Waals surface area (Å²) in [6, 6.07) is 0. The molecule has 0 amide bonds. The summed E-state index contributed by atoms with van der Waals surface area (Å²) in [5, 5.41) is 6.99. The van der Waals surface area contributed by atoms with Crippen molar-refractivity contribution < 1.29 is 4.42 Å². The Hall–Kier alpha value is -1.20. The molecular weight excluding hydrogens is 258 g/mol.